The molecule has 0 saturated carbocycles. The van der Waals surface area contributed by atoms with Gasteiger partial charge in [0.05, 0.1) is 25.2 Å². The molecular weight excluding hydrogens is 219 g/mol. The minimum atomic E-state index is -1.45. The summed E-state index contributed by atoms with van der Waals surface area (Å²) < 4.78 is 4.92. The molecule has 0 aliphatic heterocycles. The topological polar surface area (TPSA) is 75.5 Å². The smallest absolute Gasteiger partial charge is 0.480 e. The van der Waals surface area contributed by atoms with Crippen molar-refractivity contribution in [3.05, 3.63) is 36.7 Å². The second kappa shape index (κ2) is 4.94. The van der Waals surface area contributed by atoms with E-state index in [0.717, 1.165) is 5.56 Å². The second-order valence-electron chi connectivity index (χ2n) is 3.44. The van der Waals surface area contributed by atoms with Gasteiger partial charge in [-0.1, -0.05) is 24.3 Å². The largest absolute Gasteiger partial charge is 0.488 e. The first-order chi connectivity index (χ1) is 8.20. The Hall–Kier alpha value is -1.92. The molecule has 0 fully saturated rings. The Morgan fingerprint density at radius 1 is 1.06 bits per heavy atom. The van der Waals surface area contributed by atoms with E-state index in [-0.39, 0.29) is 0 Å². The summed E-state index contributed by atoms with van der Waals surface area (Å²) in [5.41, 5.74) is 1.99. The second-order valence-corrected chi connectivity index (χ2v) is 3.44. The summed E-state index contributed by atoms with van der Waals surface area (Å²) in [7, 11) is 0.0761. The van der Waals surface area contributed by atoms with Crippen molar-refractivity contribution >= 4 is 12.6 Å². The van der Waals surface area contributed by atoms with Gasteiger partial charge in [-0.3, -0.25) is 0 Å². The van der Waals surface area contributed by atoms with Gasteiger partial charge >= 0.3 is 7.12 Å². The SMILES string of the molecule is COc1cnc(-c2ccc(B(O)O)cc2)cn1. The maximum Gasteiger partial charge on any atom is 0.488 e. The Morgan fingerprint density at radius 3 is 2.24 bits per heavy atom. The van der Waals surface area contributed by atoms with Crippen molar-refractivity contribution in [2.24, 2.45) is 0 Å². The predicted octanol–water partition coefficient (Wildman–Crippen LogP) is -0.168. The fourth-order valence-electron chi connectivity index (χ4n) is 1.40. The van der Waals surface area contributed by atoms with Crippen molar-refractivity contribution in [2.45, 2.75) is 0 Å². The van der Waals surface area contributed by atoms with Crippen molar-refractivity contribution in [3.8, 4) is 17.1 Å². The summed E-state index contributed by atoms with van der Waals surface area (Å²) in [6.07, 6.45) is 3.13. The quantitative estimate of drug-likeness (QED) is 0.716. The van der Waals surface area contributed by atoms with Crippen LogP contribution < -0.4 is 10.2 Å². The summed E-state index contributed by atoms with van der Waals surface area (Å²) in [6, 6.07) is 6.77. The van der Waals surface area contributed by atoms with Crippen LogP contribution in [0.15, 0.2) is 36.7 Å². The molecule has 0 radical (unpaired) electrons. The van der Waals surface area contributed by atoms with E-state index in [4.69, 9.17) is 14.8 Å². The molecule has 0 unspecified atom stereocenters. The van der Waals surface area contributed by atoms with E-state index in [1.807, 2.05) is 0 Å². The van der Waals surface area contributed by atoms with Crippen LogP contribution in [-0.2, 0) is 0 Å². The predicted molar refractivity (Wildman–Crippen MR) is 63.8 cm³/mol. The lowest BCUT2D eigenvalue weighted by Gasteiger charge is -2.03. The number of hydrogen-bond donors (Lipinski definition) is 2. The monoisotopic (exact) mass is 230 g/mol. The van der Waals surface area contributed by atoms with Gasteiger partial charge in [0, 0.05) is 5.56 Å². The molecule has 0 aliphatic rings. The van der Waals surface area contributed by atoms with Crippen LogP contribution in [0, 0.1) is 0 Å². The summed E-state index contributed by atoms with van der Waals surface area (Å²) in [6.45, 7) is 0. The van der Waals surface area contributed by atoms with Crippen molar-refractivity contribution in [1.82, 2.24) is 9.97 Å². The Balaban J connectivity index is 2.26. The highest BCUT2D eigenvalue weighted by atomic mass is 16.5. The minimum absolute atomic E-state index is 0.440. The van der Waals surface area contributed by atoms with Crippen LogP contribution in [0.3, 0.4) is 0 Å². The molecular formula is C11H11BN2O3. The lowest BCUT2D eigenvalue weighted by Crippen LogP contribution is -2.29. The van der Waals surface area contributed by atoms with Gasteiger partial charge in [-0.25, -0.2) is 9.97 Å². The molecule has 5 nitrogen and oxygen atoms in total. The summed E-state index contributed by atoms with van der Waals surface area (Å²) in [4.78, 5) is 8.23. The molecule has 2 aromatic rings. The number of aromatic nitrogens is 2. The zero-order valence-corrected chi connectivity index (χ0v) is 9.24. The Morgan fingerprint density at radius 2 is 1.76 bits per heavy atom. The van der Waals surface area contributed by atoms with Gasteiger partial charge in [0.1, 0.15) is 0 Å². The van der Waals surface area contributed by atoms with E-state index in [1.165, 1.54) is 13.3 Å². The molecule has 6 heteroatoms. The minimum Gasteiger partial charge on any atom is -0.480 e. The Kier molecular flexibility index (Phi) is 3.36. The lowest BCUT2D eigenvalue weighted by molar-refractivity contribution is 0.396. The molecule has 17 heavy (non-hydrogen) atoms. The van der Waals surface area contributed by atoms with Crippen molar-refractivity contribution in [1.29, 1.82) is 0 Å². The fraction of sp³-hybridized carbons (Fsp3) is 0.0909. The average Bonchev–Trinajstić information content (AvgIpc) is 2.39. The van der Waals surface area contributed by atoms with Gasteiger partial charge < -0.3 is 14.8 Å². The lowest BCUT2D eigenvalue weighted by atomic mass is 9.80. The maximum atomic E-state index is 8.96. The van der Waals surface area contributed by atoms with Gasteiger partial charge in [0.25, 0.3) is 0 Å². The highest BCUT2D eigenvalue weighted by Gasteiger charge is 2.10. The van der Waals surface area contributed by atoms with Crippen molar-refractivity contribution < 1.29 is 14.8 Å². The van der Waals surface area contributed by atoms with E-state index >= 15 is 0 Å². The number of ether oxygens (including phenoxy) is 1. The van der Waals surface area contributed by atoms with E-state index in [2.05, 4.69) is 9.97 Å². The first-order valence-electron chi connectivity index (χ1n) is 5.03. The highest BCUT2D eigenvalue weighted by molar-refractivity contribution is 6.58. The third-order valence-electron chi connectivity index (χ3n) is 2.34. The van der Waals surface area contributed by atoms with Crippen LogP contribution in [0.4, 0.5) is 0 Å². The fourth-order valence-corrected chi connectivity index (χ4v) is 1.40. The van der Waals surface area contributed by atoms with E-state index in [9.17, 15) is 0 Å². The molecule has 1 aromatic heterocycles. The van der Waals surface area contributed by atoms with Gasteiger partial charge in [0.2, 0.25) is 5.88 Å². The zero-order chi connectivity index (χ0) is 12.3. The van der Waals surface area contributed by atoms with Crippen LogP contribution in [0.25, 0.3) is 11.3 Å². The molecule has 0 amide bonds. The third kappa shape index (κ3) is 2.61. The van der Waals surface area contributed by atoms with Crippen molar-refractivity contribution in [2.75, 3.05) is 7.11 Å². The first kappa shape index (κ1) is 11.6. The number of nitrogens with zero attached hydrogens (tertiary/aromatic N) is 2. The highest BCUT2D eigenvalue weighted by Crippen LogP contribution is 2.15. The van der Waals surface area contributed by atoms with E-state index in [1.54, 1.807) is 30.5 Å². The Labute approximate surface area is 98.9 Å². The number of hydrogen-bond acceptors (Lipinski definition) is 5. The van der Waals surface area contributed by atoms with Gasteiger partial charge in [-0.2, -0.15) is 0 Å². The van der Waals surface area contributed by atoms with E-state index in [0.29, 0.717) is 17.0 Å². The molecule has 0 bridgehead atoms. The summed E-state index contributed by atoms with van der Waals surface area (Å²) in [5.74, 6) is 0.455. The maximum absolute atomic E-state index is 8.96. The van der Waals surface area contributed by atoms with Gasteiger partial charge in [0.15, 0.2) is 0 Å². The summed E-state index contributed by atoms with van der Waals surface area (Å²) in [5, 5.41) is 17.9. The third-order valence-corrected chi connectivity index (χ3v) is 2.34. The van der Waals surface area contributed by atoms with Crippen molar-refractivity contribution in [3.63, 3.8) is 0 Å². The molecule has 1 heterocycles. The van der Waals surface area contributed by atoms with Gasteiger partial charge in [-0.15, -0.1) is 0 Å². The van der Waals surface area contributed by atoms with Crippen LogP contribution in [0.2, 0.25) is 0 Å². The standard InChI is InChI=1S/C11H11BN2O3/c1-17-11-7-13-10(6-14-11)8-2-4-9(5-3-8)12(15)16/h2-7,15-16H,1H3. The van der Waals surface area contributed by atoms with E-state index < -0.39 is 7.12 Å². The molecule has 86 valence electrons. The van der Waals surface area contributed by atoms with Gasteiger partial charge in [-0.05, 0) is 5.46 Å². The van der Waals surface area contributed by atoms with Crippen LogP contribution in [0.1, 0.15) is 0 Å². The molecule has 0 saturated heterocycles. The summed E-state index contributed by atoms with van der Waals surface area (Å²) >= 11 is 0. The van der Waals surface area contributed by atoms with Crippen LogP contribution in [0.5, 0.6) is 5.88 Å². The van der Waals surface area contributed by atoms with Crippen LogP contribution in [-0.4, -0.2) is 34.2 Å². The molecule has 0 atom stereocenters. The number of rotatable bonds is 3. The number of methoxy groups -OCH3 is 1. The zero-order valence-electron chi connectivity index (χ0n) is 9.24. The average molecular weight is 230 g/mol. The Bertz CT molecular complexity index is 485. The first-order valence-corrected chi connectivity index (χ1v) is 5.03. The number of benzene rings is 1. The van der Waals surface area contributed by atoms with Crippen LogP contribution >= 0.6 is 0 Å². The molecule has 0 aliphatic carbocycles. The normalized spacial score (nSPS) is 10.1. The molecule has 0 spiro atoms. The molecule has 2 rings (SSSR count). The molecule has 1 aromatic carbocycles. The molecule has 2 N–H and O–H groups in total.